The number of carbonyl (C=O) groups excluding carboxylic acids is 1. The van der Waals surface area contributed by atoms with Crippen LogP contribution in [0.4, 0.5) is 17.6 Å². The molecule has 6 heteroatoms. The van der Waals surface area contributed by atoms with Crippen molar-refractivity contribution in [3.63, 3.8) is 0 Å². The van der Waals surface area contributed by atoms with Crippen LogP contribution in [-0.4, -0.2) is 5.91 Å². The topological polar surface area (TPSA) is 29.1 Å². The number of benzene rings is 1. The maximum atomic E-state index is 13.4. The zero-order valence-electron chi connectivity index (χ0n) is 9.23. The molecule has 0 aliphatic rings. The zero-order valence-corrected chi connectivity index (χ0v) is 9.23. The van der Waals surface area contributed by atoms with E-state index in [0.29, 0.717) is 6.07 Å². The van der Waals surface area contributed by atoms with Crippen LogP contribution < -0.4 is 5.32 Å². The maximum Gasteiger partial charge on any atom is 0.416 e. The Morgan fingerprint density at radius 1 is 1.35 bits per heavy atom. The molecule has 0 saturated heterocycles. The van der Waals surface area contributed by atoms with Crippen LogP contribution >= 0.6 is 0 Å². The van der Waals surface area contributed by atoms with Gasteiger partial charge in [0.05, 0.1) is 11.6 Å². The highest BCUT2D eigenvalue weighted by molar-refractivity contribution is 5.73. The Hall–Kier alpha value is -1.59. The van der Waals surface area contributed by atoms with E-state index in [1.807, 2.05) is 0 Å². The van der Waals surface area contributed by atoms with E-state index in [4.69, 9.17) is 0 Å². The zero-order chi connectivity index (χ0) is 13.2. The average molecular weight is 249 g/mol. The Morgan fingerprint density at radius 3 is 2.35 bits per heavy atom. The maximum absolute atomic E-state index is 13.4. The van der Waals surface area contributed by atoms with Gasteiger partial charge in [-0.15, -0.1) is 0 Å². The summed E-state index contributed by atoms with van der Waals surface area (Å²) in [6, 6.07) is 1.57. The lowest BCUT2D eigenvalue weighted by Gasteiger charge is -2.15. The molecule has 0 unspecified atom stereocenters. The van der Waals surface area contributed by atoms with Crippen LogP contribution in [-0.2, 0) is 11.0 Å². The first-order valence-electron chi connectivity index (χ1n) is 4.85. The minimum Gasteiger partial charge on any atom is -0.350 e. The van der Waals surface area contributed by atoms with Crippen molar-refractivity contribution in [2.24, 2.45) is 0 Å². The summed E-state index contributed by atoms with van der Waals surface area (Å²) >= 11 is 0. The van der Waals surface area contributed by atoms with Crippen molar-refractivity contribution in [3.8, 4) is 0 Å². The van der Waals surface area contributed by atoms with E-state index >= 15 is 0 Å². The van der Waals surface area contributed by atoms with Crippen molar-refractivity contribution < 1.29 is 22.4 Å². The average Bonchev–Trinajstić information content (AvgIpc) is 2.14. The molecule has 0 heterocycles. The van der Waals surface area contributed by atoms with E-state index in [-0.39, 0.29) is 11.5 Å². The first kappa shape index (κ1) is 13.5. The number of carbonyl (C=O) groups is 1. The van der Waals surface area contributed by atoms with E-state index in [1.54, 1.807) is 0 Å². The van der Waals surface area contributed by atoms with Gasteiger partial charge in [0.2, 0.25) is 5.91 Å². The number of amides is 1. The van der Waals surface area contributed by atoms with Gasteiger partial charge in [0, 0.05) is 12.5 Å². The molecule has 1 amide bonds. The van der Waals surface area contributed by atoms with Gasteiger partial charge in [0.25, 0.3) is 0 Å². The van der Waals surface area contributed by atoms with Gasteiger partial charge >= 0.3 is 6.18 Å². The molecule has 0 saturated carbocycles. The molecular formula is C11H11F4NO. The van der Waals surface area contributed by atoms with E-state index < -0.39 is 23.6 Å². The SMILES string of the molecule is CC(=O)N[C@H](C)c1ccc(C(F)(F)F)cc1F. The molecule has 1 aromatic carbocycles. The van der Waals surface area contributed by atoms with Crippen LogP contribution in [0.1, 0.15) is 31.0 Å². The second-order valence-electron chi connectivity index (χ2n) is 3.66. The number of halogens is 4. The third-order valence-corrected chi connectivity index (χ3v) is 2.21. The molecule has 0 bridgehead atoms. The van der Waals surface area contributed by atoms with Crippen molar-refractivity contribution in [1.29, 1.82) is 0 Å². The summed E-state index contributed by atoms with van der Waals surface area (Å²) in [4.78, 5) is 10.8. The van der Waals surface area contributed by atoms with Crippen molar-refractivity contribution in [2.75, 3.05) is 0 Å². The predicted octanol–water partition coefficient (Wildman–Crippen LogP) is 3.04. The molecular weight excluding hydrogens is 238 g/mol. The van der Waals surface area contributed by atoms with Crippen LogP contribution in [0, 0.1) is 5.82 Å². The van der Waals surface area contributed by atoms with Gasteiger partial charge < -0.3 is 5.32 Å². The lowest BCUT2D eigenvalue weighted by Crippen LogP contribution is -2.24. The first-order chi connectivity index (χ1) is 7.71. The Morgan fingerprint density at radius 2 is 1.94 bits per heavy atom. The first-order valence-corrected chi connectivity index (χ1v) is 4.85. The number of hydrogen-bond donors (Lipinski definition) is 1. The number of nitrogens with one attached hydrogen (secondary N) is 1. The predicted molar refractivity (Wildman–Crippen MR) is 53.6 cm³/mol. The second-order valence-corrected chi connectivity index (χ2v) is 3.66. The molecule has 1 N–H and O–H groups in total. The molecule has 1 rings (SSSR count). The van der Waals surface area contributed by atoms with Crippen LogP contribution in [0.15, 0.2) is 18.2 Å². The fraction of sp³-hybridized carbons (Fsp3) is 0.364. The summed E-state index contributed by atoms with van der Waals surface area (Å²) in [6.07, 6.45) is -4.57. The van der Waals surface area contributed by atoms with Crippen LogP contribution in [0.2, 0.25) is 0 Å². The molecule has 0 fully saturated rings. The van der Waals surface area contributed by atoms with Gasteiger partial charge in [-0.25, -0.2) is 4.39 Å². The van der Waals surface area contributed by atoms with Crippen LogP contribution in [0.3, 0.4) is 0 Å². The Balaban J connectivity index is 3.02. The normalized spacial score (nSPS) is 13.3. The fourth-order valence-electron chi connectivity index (χ4n) is 1.44. The number of alkyl halides is 3. The van der Waals surface area contributed by atoms with E-state index in [2.05, 4.69) is 5.32 Å². The van der Waals surface area contributed by atoms with Crippen molar-refractivity contribution >= 4 is 5.91 Å². The van der Waals surface area contributed by atoms with Gasteiger partial charge in [0.15, 0.2) is 0 Å². The van der Waals surface area contributed by atoms with Gasteiger partial charge in [-0.05, 0) is 19.1 Å². The summed E-state index contributed by atoms with van der Waals surface area (Å²) < 4.78 is 50.3. The van der Waals surface area contributed by atoms with E-state index in [1.165, 1.54) is 13.8 Å². The lowest BCUT2D eigenvalue weighted by atomic mass is 10.0. The van der Waals surface area contributed by atoms with Gasteiger partial charge in [0.1, 0.15) is 5.82 Å². The van der Waals surface area contributed by atoms with Crippen LogP contribution in [0.5, 0.6) is 0 Å². The molecule has 2 nitrogen and oxygen atoms in total. The van der Waals surface area contributed by atoms with Crippen molar-refractivity contribution in [3.05, 3.63) is 35.1 Å². The highest BCUT2D eigenvalue weighted by Crippen LogP contribution is 2.31. The third kappa shape index (κ3) is 3.44. The Kier molecular flexibility index (Phi) is 3.75. The van der Waals surface area contributed by atoms with Gasteiger partial charge in [-0.3, -0.25) is 4.79 Å². The van der Waals surface area contributed by atoms with E-state index in [0.717, 1.165) is 12.1 Å². The molecule has 94 valence electrons. The molecule has 0 aliphatic heterocycles. The Labute approximate surface area is 95.6 Å². The number of hydrogen-bond acceptors (Lipinski definition) is 1. The molecule has 1 aromatic rings. The summed E-state index contributed by atoms with van der Waals surface area (Å²) in [5, 5.41) is 2.40. The lowest BCUT2D eigenvalue weighted by molar-refractivity contribution is -0.137. The summed E-state index contributed by atoms with van der Waals surface area (Å²) in [7, 11) is 0. The minimum absolute atomic E-state index is 0.0215. The van der Waals surface area contributed by atoms with Gasteiger partial charge in [-0.2, -0.15) is 13.2 Å². The highest BCUT2D eigenvalue weighted by Gasteiger charge is 2.31. The largest absolute Gasteiger partial charge is 0.416 e. The molecule has 0 aliphatic carbocycles. The second kappa shape index (κ2) is 4.73. The monoisotopic (exact) mass is 249 g/mol. The smallest absolute Gasteiger partial charge is 0.350 e. The summed E-state index contributed by atoms with van der Waals surface area (Å²) in [5.41, 5.74) is -1.03. The minimum atomic E-state index is -4.57. The molecule has 0 aromatic heterocycles. The molecule has 0 radical (unpaired) electrons. The van der Waals surface area contributed by atoms with Gasteiger partial charge in [-0.1, -0.05) is 6.07 Å². The molecule has 17 heavy (non-hydrogen) atoms. The van der Waals surface area contributed by atoms with E-state index in [9.17, 15) is 22.4 Å². The third-order valence-electron chi connectivity index (χ3n) is 2.21. The fourth-order valence-corrected chi connectivity index (χ4v) is 1.44. The molecule has 1 atom stereocenters. The van der Waals surface area contributed by atoms with Crippen LogP contribution in [0.25, 0.3) is 0 Å². The standard InChI is InChI=1S/C11H11F4NO/c1-6(16-7(2)17)9-4-3-8(5-10(9)12)11(13,14)15/h3-6H,1-2H3,(H,16,17)/t6-/m1/s1. The highest BCUT2D eigenvalue weighted by atomic mass is 19.4. The Bertz CT molecular complexity index is 428. The quantitative estimate of drug-likeness (QED) is 0.802. The molecule has 0 spiro atoms. The summed E-state index contributed by atoms with van der Waals surface area (Å²) in [6.45, 7) is 2.74. The number of rotatable bonds is 2. The van der Waals surface area contributed by atoms with Crippen molar-refractivity contribution in [1.82, 2.24) is 5.32 Å². The summed E-state index contributed by atoms with van der Waals surface area (Å²) in [5.74, 6) is -1.36. The van der Waals surface area contributed by atoms with Crippen molar-refractivity contribution in [2.45, 2.75) is 26.1 Å².